The number of carbonyl (C=O) groups excluding carboxylic acids is 2. The van der Waals surface area contributed by atoms with Crippen LogP contribution in [0.2, 0.25) is 0 Å². The summed E-state index contributed by atoms with van der Waals surface area (Å²) in [7, 11) is 1.48. The van der Waals surface area contributed by atoms with Gasteiger partial charge in [-0.05, 0) is 57.9 Å². The zero-order valence-corrected chi connectivity index (χ0v) is 24.6. The third kappa shape index (κ3) is 11.3. The summed E-state index contributed by atoms with van der Waals surface area (Å²) in [6, 6.07) is 7.33. The second-order valence-electron chi connectivity index (χ2n) is 9.73. The highest BCUT2D eigenvalue weighted by Crippen LogP contribution is 2.31. The van der Waals surface area contributed by atoms with Crippen molar-refractivity contribution in [3.63, 3.8) is 0 Å². The van der Waals surface area contributed by atoms with Crippen LogP contribution in [0, 0.1) is 0 Å². The lowest BCUT2D eigenvalue weighted by molar-refractivity contribution is -0.141. The summed E-state index contributed by atoms with van der Waals surface area (Å²) in [6.45, 7) is 13.3. The van der Waals surface area contributed by atoms with Gasteiger partial charge in [0.05, 0.1) is 19.6 Å². The molecule has 1 aromatic heterocycles. The summed E-state index contributed by atoms with van der Waals surface area (Å²) in [4.78, 5) is 28.5. The molecule has 1 atom stereocenters. The van der Waals surface area contributed by atoms with Gasteiger partial charge in [-0.25, -0.2) is 9.78 Å². The quantitative estimate of drug-likeness (QED) is 0.290. The fourth-order valence-electron chi connectivity index (χ4n) is 3.34. The smallest absolute Gasteiger partial charge is 0.433 e. The number of pyridine rings is 1. The molecule has 0 saturated heterocycles. The number of benzene rings is 1. The van der Waals surface area contributed by atoms with Crippen molar-refractivity contribution in [1.29, 1.82) is 0 Å². The van der Waals surface area contributed by atoms with E-state index in [0.717, 1.165) is 12.5 Å². The third-order valence-electron chi connectivity index (χ3n) is 5.45. The minimum absolute atomic E-state index is 0.0508. The molecule has 0 radical (unpaired) electrons. The fourth-order valence-corrected chi connectivity index (χ4v) is 3.34. The zero-order valence-electron chi connectivity index (χ0n) is 24.6. The van der Waals surface area contributed by atoms with Crippen molar-refractivity contribution < 1.29 is 37.0 Å². The van der Waals surface area contributed by atoms with Crippen molar-refractivity contribution in [3.8, 4) is 11.6 Å². The Kier molecular flexibility index (Phi) is 13.8. The van der Waals surface area contributed by atoms with Crippen LogP contribution in [0.3, 0.4) is 0 Å². The number of ether oxygens (including phenoxy) is 3. The fraction of sp³-hybridized carbons (Fsp3) is 0.552. The van der Waals surface area contributed by atoms with Crippen LogP contribution >= 0.6 is 0 Å². The number of aromatic nitrogens is 1. The number of unbranched alkanes of at least 4 members (excludes halogenated alkanes) is 1. The van der Waals surface area contributed by atoms with E-state index in [9.17, 15) is 22.8 Å². The van der Waals surface area contributed by atoms with E-state index in [1.807, 2.05) is 20.8 Å². The van der Waals surface area contributed by atoms with Gasteiger partial charge in [0.1, 0.15) is 17.0 Å². The van der Waals surface area contributed by atoms with Gasteiger partial charge in [0.2, 0.25) is 11.8 Å². The van der Waals surface area contributed by atoms with Crippen molar-refractivity contribution >= 4 is 12.0 Å². The first-order valence-corrected chi connectivity index (χ1v) is 13.4. The predicted octanol–water partition coefficient (Wildman–Crippen LogP) is 6.76. The van der Waals surface area contributed by atoms with Crippen LogP contribution in [0.25, 0.3) is 0 Å². The molecular weight excluding hydrogens is 527 g/mol. The standard InChI is InChI=1S/C27H36F3N3O5.C2H6/c1-7-8-13-37-24-20(11-12-22(33-24)27(28,29)30)16-31-23(34)17(2)18-9-10-19(21(14-18)36-6)15-32-25(35)38-26(3,4)5;1-2/h9-12,14,17H,7-8,13,15-16H2,1-6H3,(H,31,34)(H,32,35);1-2H3. The number of hydrogen-bond acceptors (Lipinski definition) is 6. The molecular formula is C29H42F3N3O5. The number of hydrogen-bond donors (Lipinski definition) is 2. The number of alkyl carbamates (subject to hydrolysis) is 1. The molecule has 0 spiro atoms. The first kappa shape index (κ1) is 34.5. The monoisotopic (exact) mass is 569 g/mol. The lowest BCUT2D eigenvalue weighted by Crippen LogP contribution is -2.32. The molecule has 2 amide bonds. The van der Waals surface area contributed by atoms with E-state index in [1.165, 1.54) is 13.2 Å². The van der Waals surface area contributed by atoms with Crippen LogP contribution in [0.1, 0.15) is 89.6 Å². The second-order valence-corrected chi connectivity index (χ2v) is 9.73. The van der Waals surface area contributed by atoms with E-state index < -0.39 is 29.5 Å². The summed E-state index contributed by atoms with van der Waals surface area (Å²) in [6.07, 6.45) is -3.70. The van der Waals surface area contributed by atoms with Gasteiger partial charge in [-0.2, -0.15) is 13.2 Å². The van der Waals surface area contributed by atoms with Gasteiger partial charge < -0.3 is 24.8 Å². The summed E-state index contributed by atoms with van der Waals surface area (Å²) in [5.41, 5.74) is 0.0148. The average molecular weight is 570 g/mol. The molecule has 1 heterocycles. The molecule has 0 aliphatic heterocycles. The molecule has 1 aromatic carbocycles. The number of rotatable bonds is 11. The van der Waals surface area contributed by atoms with Gasteiger partial charge in [-0.1, -0.05) is 39.3 Å². The highest BCUT2D eigenvalue weighted by molar-refractivity contribution is 5.83. The van der Waals surface area contributed by atoms with Crippen LogP contribution in [-0.4, -0.2) is 36.3 Å². The van der Waals surface area contributed by atoms with Crippen LogP contribution in [-0.2, 0) is 28.8 Å². The van der Waals surface area contributed by atoms with Gasteiger partial charge in [0.15, 0.2) is 0 Å². The Morgan fingerprint density at radius 1 is 1.00 bits per heavy atom. The van der Waals surface area contributed by atoms with Crippen molar-refractivity contribution in [2.24, 2.45) is 0 Å². The van der Waals surface area contributed by atoms with Gasteiger partial charge in [-0.15, -0.1) is 0 Å². The number of amides is 2. The molecule has 0 saturated carbocycles. The van der Waals surface area contributed by atoms with E-state index in [2.05, 4.69) is 15.6 Å². The number of nitrogens with one attached hydrogen (secondary N) is 2. The summed E-state index contributed by atoms with van der Waals surface area (Å²) < 4.78 is 55.5. The largest absolute Gasteiger partial charge is 0.496 e. The Morgan fingerprint density at radius 3 is 2.20 bits per heavy atom. The van der Waals surface area contributed by atoms with Gasteiger partial charge >= 0.3 is 12.3 Å². The SMILES string of the molecule is CC.CCCCOc1nc(C(F)(F)F)ccc1CNC(=O)C(C)c1ccc(CNC(=O)OC(C)(C)C)c(OC)c1. The highest BCUT2D eigenvalue weighted by atomic mass is 19.4. The molecule has 0 aliphatic rings. The molecule has 0 aliphatic carbocycles. The Labute approximate surface area is 235 Å². The summed E-state index contributed by atoms with van der Waals surface area (Å²) in [5.74, 6) is -0.601. The number of nitrogens with zero attached hydrogens (tertiary/aromatic N) is 1. The minimum atomic E-state index is -4.60. The lowest BCUT2D eigenvalue weighted by atomic mass is 9.98. The van der Waals surface area contributed by atoms with E-state index in [1.54, 1.807) is 45.9 Å². The van der Waals surface area contributed by atoms with E-state index in [4.69, 9.17) is 14.2 Å². The second kappa shape index (κ2) is 15.9. The Balaban J connectivity index is 0.00000391. The molecule has 2 rings (SSSR count). The molecule has 0 bridgehead atoms. The van der Waals surface area contributed by atoms with E-state index in [-0.39, 0.29) is 31.5 Å². The maximum Gasteiger partial charge on any atom is 0.433 e. The molecule has 2 N–H and O–H groups in total. The molecule has 40 heavy (non-hydrogen) atoms. The third-order valence-corrected chi connectivity index (χ3v) is 5.45. The van der Waals surface area contributed by atoms with E-state index in [0.29, 0.717) is 28.9 Å². The molecule has 11 heteroatoms. The number of methoxy groups -OCH3 is 1. The van der Waals surface area contributed by atoms with Crippen LogP contribution < -0.4 is 20.1 Å². The van der Waals surface area contributed by atoms with Gasteiger partial charge in [0.25, 0.3) is 0 Å². The molecule has 0 fully saturated rings. The zero-order chi connectivity index (χ0) is 30.5. The Morgan fingerprint density at radius 2 is 1.62 bits per heavy atom. The summed E-state index contributed by atoms with van der Waals surface area (Å²) >= 11 is 0. The molecule has 1 unspecified atom stereocenters. The number of carbonyl (C=O) groups is 2. The predicted molar refractivity (Wildman–Crippen MR) is 147 cm³/mol. The van der Waals surface area contributed by atoms with Gasteiger partial charge in [-0.3, -0.25) is 4.79 Å². The van der Waals surface area contributed by atoms with Crippen LogP contribution in [0.5, 0.6) is 11.6 Å². The first-order valence-electron chi connectivity index (χ1n) is 13.4. The summed E-state index contributed by atoms with van der Waals surface area (Å²) in [5, 5.41) is 5.41. The molecule has 8 nitrogen and oxygen atoms in total. The Bertz CT molecular complexity index is 1100. The minimum Gasteiger partial charge on any atom is -0.496 e. The van der Waals surface area contributed by atoms with Crippen molar-refractivity contribution in [2.45, 2.75) is 92.1 Å². The van der Waals surface area contributed by atoms with Crippen molar-refractivity contribution in [2.75, 3.05) is 13.7 Å². The average Bonchev–Trinajstić information content (AvgIpc) is 2.90. The first-order chi connectivity index (χ1) is 18.7. The van der Waals surface area contributed by atoms with E-state index >= 15 is 0 Å². The topological polar surface area (TPSA) is 98.8 Å². The van der Waals surface area contributed by atoms with Crippen LogP contribution in [0.15, 0.2) is 30.3 Å². The lowest BCUT2D eigenvalue weighted by Gasteiger charge is -2.20. The Hall–Kier alpha value is -3.50. The number of alkyl halides is 3. The van der Waals surface area contributed by atoms with Crippen molar-refractivity contribution in [3.05, 3.63) is 52.7 Å². The maximum absolute atomic E-state index is 13.1. The maximum atomic E-state index is 13.1. The van der Waals surface area contributed by atoms with Crippen LogP contribution in [0.4, 0.5) is 18.0 Å². The number of halogens is 3. The molecule has 2 aromatic rings. The molecule has 224 valence electrons. The van der Waals surface area contributed by atoms with Gasteiger partial charge in [0, 0.05) is 24.2 Å². The normalized spacial score (nSPS) is 12.0. The highest BCUT2D eigenvalue weighted by Gasteiger charge is 2.33. The van der Waals surface area contributed by atoms with Crippen molar-refractivity contribution in [1.82, 2.24) is 15.6 Å².